The lowest BCUT2D eigenvalue weighted by Gasteiger charge is -2.21. The van der Waals surface area contributed by atoms with Crippen molar-refractivity contribution in [1.29, 1.82) is 0 Å². The summed E-state index contributed by atoms with van der Waals surface area (Å²) in [6, 6.07) is 7.52. The highest BCUT2D eigenvalue weighted by Crippen LogP contribution is 2.14. The second kappa shape index (κ2) is 7.88. The lowest BCUT2D eigenvalue weighted by molar-refractivity contribution is -0.128. The zero-order valence-electron chi connectivity index (χ0n) is 12.8. The van der Waals surface area contributed by atoms with Crippen LogP contribution in [0.4, 0.5) is 5.69 Å². The third-order valence-corrected chi connectivity index (χ3v) is 3.78. The number of hydrogen-bond acceptors (Lipinski definition) is 4. The lowest BCUT2D eigenvalue weighted by atomic mass is 10.3. The largest absolute Gasteiger partial charge is 0.493 e. The molecule has 2 rings (SSSR count). The van der Waals surface area contributed by atoms with Crippen LogP contribution in [0.3, 0.4) is 0 Å². The van der Waals surface area contributed by atoms with Crippen molar-refractivity contribution in [3.8, 4) is 5.75 Å². The minimum absolute atomic E-state index is 0.182. The molecular weight excluding hydrogens is 266 g/mol. The molecule has 1 saturated heterocycles. The summed E-state index contributed by atoms with van der Waals surface area (Å²) in [4.78, 5) is 15.7. The molecule has 5 nitrogen and oxygen atoms in total. The van der Waals surface area contributed by atoms with Gasteiger partial charge in [0.2, 0.25) is 5.91 Å². The Morgan fingerprint density at radius 1 is 1.29 bits per heavy atom. The maximum atomic E-state index is 11.4. The standard InChI is InChI=1S/C16H25N3O2/c1-14(20)19-9-3-7-18(10-11-19)8-4-12-21-16-6-2-5-15(17)13-16/h2,5-6,13H,3-4,7-12,17H2,1H3. The van der Waals surface area contributed by atoms with E-state index in [-0.39, 0.29) is 5.91 Å². The molecule has 0 radical (unpaired) electrons. The first-order chi connectivity index (χ1) is 10.1. The van der Waals surface area contributed by atoms with Crippen LogP contribution in [0.2, 0.25) is 0 Å². The number of benzene rings is 1. The van der Waals surface area contributed by atoms with Gasteiger partial charge in [-0.1, -0.05) is 6.07 Å². The minimum Gasteiger partial charge on any atom is -0.493 e. The van der Waals surface area contributed by atoms with Crippen LogP contribution in [0.25, 0.3) is 0 Å². The predicted molar refractivity (Wildman–Crippen MR) is 84.3 cm³/mol. The SMILES string of the molecule is CC(=O)N1CCCN(CCCOc2cccc(N)c2)CC1. The van der Waals surface area contributed by atoms with Crippen LogP contribution in [0.5, 0.6) is 5.75 Å². The number of rotatable bonds is 5. The van der Waals surface area contributed by atoms with Gasteiger partial charge in [-0.25, -0.2) is 0 Å². The van der Waals surface area contributed by atoms with Gasteiger partial charge in [-0.05, 0) is 31.5 Å². The summed E-state index contributed by atoms with van der Waals surface area (Å²) in [5, 5.41) is 0. The Morgan fingerprint density at radius 2 is 2.14 bits per heavy atom. The van der Waals surface area contributed by atoms with E-state index >= 15 is 0 Å². The third-order valence-electron chi connectivity index (χ3n) is 3.78. The lowest BCUT2D eigenvalue weighted by Crippen LogP contribution is -2.34. The molecule has 116 valence electrons. The van der Waals surface area contributed by atoms with Crippen molar-refractivity contribution in [1.82, 2.24) is 9.80 Å². The summed E-state index contributed by atoms with van der Waals surface area (Å²) in [6.07, 6.45) is 2.03. The van der Waals surface area contributed by atoms with E-state index in [1.165, 1.54) is 0 Å². The van der Waals surface area contributed by atoms with Crippen LogP contribution in [0, 0.1) is 0 Å². The maximum Gasteiger partial charge on any atom is 0.219 e. The monoisotopic (exact) mass is 291 g/mol. The van der Waals surface area contributed by atoms with Gasteiger partial charge in [0.1, 0.15) is 5.75 Å². The molecule has 1 aromatic carbocycles. The zero-order chi connectivity index (χ0) is 15.1. The van der Waals surface area contributed by atoms with Crippen LogP contribution in [-0.4, -0.2) is 55.0 Å². The number of nitrogens with two attached hydrogens (primary N) is 1. The molecule has 5 heteroatoms. The number of nitrogens with zero attached hydrogens (tertiary/aromatic N) is 2. The second-order valence-corrected chi connectivity index (χ2v) is 5.48. The molecule has 2 N–H and O–H groups in total. The highest BCUT2D eigenvalue weighted by atomic mass is 16.5. The number of carbonyl (C=O) groups is 1. The molecule has 0 spiro atoms. The summed E-state index contributed by atoms with van der Waals surface area (Å²) in [5.41, 5.74) is 6.44. The number of hydrogen-bond donors (Lipinski definition) is 1. The van der Waals surface area contributed by atoms with Crippen molar-refractivity contribution < 1.29 is 9.53 Å². The van der Waals surface area contributed by atoms with Crippen molar-refractivity contribution in [3.63, 3.8) is 0 Å². The highest BCUT2D eigenvalue weighted by Gasteiger charge is 2.15. The molecule has 0 aromatic heterocycles. The quantitative estimate of drug-likeness (QED) is 0.661. The average Bonchev–Trinajstić information content (AvgIpc) is 2.69. The Bertz CT molecular complexity index is 465. The first-order valence-electron chi connectivity index (χ1n) is 7.61. The Balaban J connectivity index is 1.66. The van der Waals surface area contributed by atoms with E-state index in [0.29, 0.717) is 6.61 Å². The fourth-order valence-electron chi connectivity index (χ4n) is 2.59. The molecule has 0 saturated carbocycles. The van der Waals surface area contributed by atoms with Gasteiger partial charge in [0, 0.05) is 44.9 Å². The summed E-state index contributed by atoms with van der Waals surface area (Å²) in [6.45, 7) is 7.08. The van der Waals surface area contributed by atoms with Crippen LogP contribution in [0.1, 0.15) is 19.8 Å². The van der Waals surface area contributed by atoms with E-state index in [0.717, 1.165) is 57.0 Å². The molecule has 1 aromatic rings. The molecule has 0 atom stereocenters. The molecule has 0 bridgehead atoms. The van der Waals surface area contributed by atoms with Gasteiger partial charge in [0.25, 0.3) is 0 Å². The highest BCUT2D eigenvalue weighted by molar-refractivity contribution is 5.73. The molecule has 0 aliphatic carbocycles. The number of carbonyl (C=O) groups excluding carboxylic acids is 1. The fourth-order valence-corrected chi connectivity index (χ4v) is 2.59. The van der Waals surface area contributed by atoms with E-state index < -0.39 is 0 Å². The first kappa shape index (κ1) is 15.6. The second-order valence-electron chi connectivity index (χ2n) is 5.48. The van der Waals surface area contributed by atoms with Gasteiger partial charge in [0.05, 0.1) is 6.61 Å². The Hall–Kier alpha value is -1.75. The molecule has 21 heavy (non-hydrogen) atoms. The van der Waals surface area contributed by atoms with E-state index in [1.807, 2.05) is 29.2 Å². The van der Waals surface area contributed by atoms with Gasteiger partial charge >= 0.3 is 0 Å². The predicted octanol–water partition coefficient (Wildman–Crippen LogP) is 1.59. The molecule has 1 aliphatic heterocycles. The first-order valence-corrected chi connectivity index (χ1v) is 7.61. The Morgan fingerprint density at radius 3 is 2.90 bits per heavy atom. The van der Waals surface area contributed by atoms with Gasteiger partial charge in [-0.15, -0.1) is 0 Å². The fraction of sp³-hybridized carbons (Fsp3) is 0.562. The van der Waals surface area contributed by atoms with Crippen molar-refractivity contribution in [3.05, 3.63) is 24.3 Å². The van der Waals surface area contributed by atoms with Gasteiger partial charge in [-0.3, -0.25) is 4.79 Å². The summed E-state index contributed by atoms with van der Waals surface area (Å²) >= 11 is 0. The maximum absolute atomic E-state index is 11.4. The van der Waals surface area contributed by atoms with Crippen LogP contribution in [0.15, 0.2) is 24.3 Å². The van der Waals surface area contributed by atoms with E-state index in [4.69, 9.17) is 10.5 Å². The summed E-state index contributed by atoms with van der Waals surface area (Å²) in [7, 11) is 0. The van der Waals surface area contributed by atoms with E-state index in [2.05, 4.69) is 4.90 Å². The van der Waals surface area contributed by atoms with Crippen LogP contribution >= 0.6 is 0 Å². The number of amides is 1. The van der Waals surface area contributed by atoms with Gasteiger partial charge in [0.15, 0.2) is 0 Å². The van der Waals surface area contributed by atoms with Crippen molar-refractivity contribution in [2.24, 2.45) is 0 Å². The average molecular weight is 291 g/mol. The Kier molecular flexibility index (Phi) is 5.87. The zero-order valence-corrected chi connectivity index (χ0v) is 12.8. The van der Waals surface area contributed by atoms with Crippen LogP contribution < -0.4 is 10.5 Å². The number of nitrogen functional groups attached to an aromatic ring is 1. The van der Waals surface area contributed by atoms with Gasteiger partial charge in [-0.2, -0.15) is 0 Å². The molecule has 1 amide bonds. The van der Waals surface area contributed by atoms with E-state index in [1.54, 1.807) is 6.92 Å². The van der Waals surface area contributed by atoms with Gasteiger partial charge < -0.3 is 20.3 Å². The van der Waals surface area contributed by atoms with Crippen molar-refractivity contribution in [2.45, 2.75) is 19.8 Å². The molecule has 1 heterocycles. The van der Waals surface area contributed by atoms with Crippen molar-refractivity contribution in [2.75, 3.05) is 45.1 Å². The normalized spacial score (nSPS) is 16.5. The van der Waals surface area contributed by atoms with Crippen molar-refractivity contribution >= 4 is 11.6 Å². The minimum atomic E-state index is 0.182. The topological polar surface area (TPSA) is 58.8 Å². The third kappa shape index (κ3) is 5.27. The number of ether oxygens (including phenoxy) is 1. The molecular formula is C16H25N3O2. The molecule has 0 unspecified atom stereocenters. The van der Waals surface area contributed by atoms with E-state index in [9.17, 15) is 4.79 Å². The smallest absolute Gasteiger partial charge is 0.219 e. The summed E-state index contributed by atoms with van der Waals surface area (Å²) < 4.78 is 5.70. The summed E-state index contributed by atoms with van der Waals surface area (Å²) in [5.74, 6) is 1.01. The number of anilines is 1. The molecule has 1 aliphatic rings. The van der Waals surface area contributed by atoms with Crippen LogP contribution in [-0.2, 0) is 4.79 Å². The Labute approximate surface area is 126 Å². The molecule has 1 fully saturated rings.